The molecule has 2 aromatic carbocycles. The van der Waals surface area contributed by atoms with Crippen LogP contribution in [-0.2, 0) is 21.2 Å². The van der Waals surface area contributed by atoms with Gasteiger partial charge in [0.2, 0.25) is 15.9 Å². The van der Waals surface area contributed by atoms with E-state index < -0.39 is 16.1 Å². The number of rotatable bonds is 5. The van der Waals surface area contributed by atoms with Gasteiger partial charge in [-0.2, -0.15) is 4.31 Å². The van der Waals surface area contributed by atoms with Crippen molar-refractivity contribution >= 4 is 15.9 Å². The van der Waals surface area contributed by atoms with E-state index in [0.29, 0.717) is 24.4 Å². The van der Waals surface area contributed by atoms with E-state index in [4.69, 9.17) is 0 Å². The number of aryl methyl sites for hydroxylation is 1. The van der Waals surface area contributed by atoms with Crippen molar-refractivity contribution < 1.29 is 13.2 Å². The average molecular weight is 427 g/mol. The minimum Gasteiger partial charge on any atom is -0.354 e. The molecule has 1 amide bonds. The molecule has 2 aliphatic rings. The maximum Gasteiger partial charge on any atom is 0.243 e. The SMILES string of the molecule is Cc1ccc(S(=O)(=O)N2CCc3ccccc3C2CNC(=O)C2CCCCC2)cc1. The van der Waals surface area contributed by atoms with E-state index in [-0.39, 0.29) is 11.8 Å². The first-order valence-corrected chi connectivity index (χ1v) is 12.3. The molecule has 1 atom stereocenters. The highest BCUT2D eigenvalue weighted by Gasteiger charge is 2.36. The van der Waals surface area contributed by atoms with E-state index in [9.17, 15) is 13.2 Å². The molecular weight excluding hydrogens is 396 g/mol. The Hall–Kier alpha value is -2.18. The fourth-order valence-corrected chi connectivity index (χ4v) is 6.29. The van der Waals surface area contributed by atoms with Gasteiger partial charge in [-0.05, 0) is 49.4 Å². The zero-order valence-corrected chi connectivity index (χ0v) is 18.3. The third-order valence-electron chi connectivity index (χ3n) is 6.44. The second kappa shape index (κ2) is 8.90. The summed E-state index contributed by atoms with van der Waals surface area (Å²) in [4.78, 5) is 13.0. The molecule has 1 aliphatic heterocycles. The van der Waals surface area contributed by atoms with Crippen LogP contribution in [-0.4, -0.2) is 31.7 Å². The Morgan fingerprint density at radius 1 is 1.03 bits per heavy atom. The number of hydrogen-bond donors (Lipinski definition) is 1. The van der Waals surface area contributed by atoms with E-state index in [1.54, 1.807) is 16.4 Å². The first-order valence-electron chi connectivity index (χ1n) is 10.9. The summed E-state index contributed by atoms with van der Waals surface area (Å²) in [7, 11) is -3.66. The largest absolute Gasteiger partial charge is 0.354 e. The van der Waals surface area contributed by atoms with Gasteiger partial charge in [0.1, 0.15) is 0 Å². The van der Waals surface area contributed by atoms with Crippen molar-refractivity contribution in [2.45, 2.75) is 56.4 Å². The lowest BCUT2D eigenvalue weighted by molar-refractivity contribution is -0.126. The monoisotopic (exact) mass is 426 g/mol. The molecule has 0 radical (unpaired) electrons. The number of carbonyl (C=O) groups is 1. The van der Waals surface area contributed by atoms with Crippen molar-refractivity contribution in [3.05, 3.63) is 65.2 Å². The van der Waals surface area contributed by atoms with Crippen molar-refractivity contribution in [2.75, 3.05) is 13.1 Å². The summed E-state index contributed by atoms with van der Waals surface area (Å²) in [6, 6.07) is 14.6. The van der Waals surface area contributed by atoms with Crippen molar-refractivity contribution in [3.8, 4) is 0 Å². The van der Waals surface area contributed by atoms with E-state index in [2.05, 4.69) is 11.4 Å². The lowest BCUT2D eigenvalue weighted by Gasteiger charge is -2.37. The second-order valence-electron chi connectivity index (χ2n) is 8.47. The van der Waals surface area contributed by atoms with Crippen LogP contribution in [0.1, 0.15) is 54.8 Å². The molecule has 1 unspecified atom stereocenters. The molecule has 4 rings (SSSR count). The molecule has 0 spiro atoms. The third-order valence-corrected chi connectivity index (χ3v) is 8.36. The van der Waals surface area contributed by atoms with Crippen LogP contribution in [0.3, 0.4) is 0 Å². The highest BCUT2D eigenvalue weighted by Crippen LogP contribution is 2.34. The first kappa shape index (κ1) is 21.1. The summed E-state index contributed by atoms with van der Waals surface area (Å²) in [5.74, 6) is 0.116. The van der Waals surface area contributed by atoms with Gasteiger partial charge in [-0.15, -0.1) is 0 Å². The van der Waals surface area contributed by atoms with E-state index in [0.717, 1.165) is 42.4 Å². The maximum absolute atomic E-state index is 13.5. The van der Waals surface area contributed by atoms with Gasteiger partial charge in [-0.25, -0.2) is 8.42 Å². The molecule has 6 heteroatoms. The molecule has 0 bridgehead atoms. The van der Waals surface area contributed by atoms with E-state index in [1.807, 2.05) is 37.3 Å². The molecule has 160 valence electrons. The molecule has 1 fully saturated rings. The van der Waals surface area contributed by atoms with Crippen LogP contribution >= 0.6 is 0 Å². The van der Waals surface area contributed by atoms with Crippen LogP contribution in [0.5, 0.6) is 0 Å². The van der Waals surface area contributed by atoms with Crippen molar-refractivity contribution in [1.29, 1.82) is 0 Å². The smallest absolute Gasteiger partial charge is 0.243 e. The molecule has 1 heterocycles. The summed E-state index contributed by atoms with van der Waals surface area (Å²) in [5.41, 5.74) is 3.17. The summed E-state index contributed by atoms with van der Waals surface area (Å²) in [5, 5.41) is 3.08. The van der Waals surface area contributed by atoms with E-state index in [1.165, 1.54) is 6.42 Å². The second-order valence-corrected chi connectivity index (χ2v) is 10.4. The van der Waals surface area contributed by atoms with Gasteiger partial charge in [-0.1, -0.05) is 61.2 Å². The topological polar surface area (TPSA) is 66.5 Å². The Morgan fingerprint density at radius 2 is 1.73 bits per heavy atom. The third kappa shape index (κ3) is 4.30. The number of amides is 1. The summed E-state index contributed by atoms with van der Waals surface area (Å²) in [6.45, 7) is 2.66. The van der Waals surface area contributed by atoms with Gasteiger partial charge in [-0.3, -0.25) is 4.79 Å². The van der Waals surface area contributed by atoms with Crippen LogP contribution in [0.2, 0.25) is 0 Å². The van der Waals surface area contributed by atoms with Gasteiger partial charge >= 0.3 is 0 Å². The molecule has 1 N–H and O–H groups in total. The number of nitrogens with one attached hydrogen (secondary N) is 1. The highest BCUT2D eigenvalue weighted by molar-refractivity contribution is 7.89. The molecule has 0 aromatic heterocycles. The van der Waals surface area contributed by atoms with Crippen LogP contribution in [0.25, 0.3) is 0 Å². The number of sulfonamides is 1. The molecule has 1 aliphatic carbocycles. The Balaban J connectivity index is 1.60. The molecule has 30 heavy (non-hydrogen) atoms. The average Bonchev–Trinajstić information content (AvgIpc) is 2.78. The highest BCUT2D eigenvalue weighted by atomic mass is 32.2. The number of nitrogens with zero attached hydrogens (tertiary/aromatic N) is 1. The van der Waals surface area contributed by atoms with Gasteiger partial charge in [0.15, 0.2) is 0 Å². The summed E-state index contributed by atoms with van der Waals surface area (Å²) < 4.78 is 28.5. The molecule has 2 aromatic rings. The summed E-state index contributed by atoms with van der Waals surface area (Å²) in [6.07, 6.45) is 5.92. The zero-order valence-electron chi connectivity index (χ0n) is 17.5. The normalized spacial score (nSPS) is 20.5. The van der Waals surface area contributed by atoms with E-state index >= 15 is 0 Å². The lowest BCUT2D eigenvalue weighted by Crippen LogP contribution is -2.46. The maximum atomic E-state index is 13.5. The predicted molar refractivity (Wildman–Crippen MR) is 118 cm³/mol. The van der Waals surface area contributed by atoms with Crippen molar-refractivity contribution in [2.24, 2.45) is 5.92 Å². The number of benzene rings is 2. The fraction of sp³-hybridized carbons (Fsp3) is 0.458. The Labute approximate surface area is 179 Å². The van der Waals surface area contributed by atoms with Gasteiger partial charge in [0.05, 0.1) is 10.9 Å². The molecule has 5 nitrogen and oxygen atoms in total. The minimum atomic E-state index is -3.66. The van der Waals surface area contributed by atoms with Crippen molar-refractivity contribution in [1.82, 2.24) is 9.62 Å². The van der Waals surface area contributed by atoms with Gasteiger partial charge < -0.3 is 5.32 Å². The quantitative estimate of drug-likeness (QED) is 0.786. The molecular formula is C24H30N2O3S. The Morgan fingerprint density at radius 3 is 2.47 bits per heavy atom. The first-order chi connectivity index (χ1) is 14.5. The van der Waals surface area contributed by atoms with Crippen LogP contribution in [0.15, 0.2) is 53.4 Å². The predicted octanol–water partition coefficient (Wildman–Crippen LogP) is 3.98. The van der Waals surface area contributed by atoms with Crippen LogP contribution in [0, 0.1) is 12.8 Å². The molecule has 1 saturated carbocycles. The Bertz CT molecular complexity index is 995. The zero-order chi connectivity index (χ0) is 21.1. The summed E-state index contributed by atoms with van der Waals surface area (Å²) >= 11 is 0. The Kier molecular flexibility index (Phi) is 6.25. The van der Waals surface area contributed by atoms with Crippen molar-refractivity contribution in [3.63, 3.8) is 0 Å². The fourth-order valence-electron chi connectivity index (χ4n) is 4.68. The minimum absolute atomic E-state index is 0.0553. The van der Waals surface area contributed by atoms with Crippen LogP contribution < -0.4 is 5.32 Å². The number of carbonyl (C=O) groups excluding carboxylic acids is 1. The molecule has 0 saturated heterocycles. The van der Waals surface area contributed by atoms with Gasteiger partial charge in [0.25, 0.3) is 0 Å². The number of fused-ring (bicyclic) bond motifs is 1. The lowest BCUT2D eigenvalue weighted by atomic mass is 9.88. The number of hydrogen-bond acceptors (Lipinski definition) is 3. The van der Waals surface area contributed by atoms with Gasteiger partial charge in [0, 0.05) is 19.0 Å². The standard InChI is InChI=1S/C24H30N2O3S/c1-18-11-13-21(14-12-18)30(28,29)26-16-15-19-7-5-6-10-22(19)23(26)17-25-24(27)20-8-3-2-4-9-20/h5-7,10-14,20,23H,2-4,8-9,15-17H2,1H3,(H,25,27). The van der Waals surface area contributed by atoms with Crippen LogP contribution in [0.4, 0.5) is 0 Å².